The fourth-order valence-electron chi connectivity index (χ4n) is 2.37. The van der Waals surface area contributed by atoms with E-state index in [2.05, 4.69) is 22.0 Å². The molecule has 0 amide bonds. The van der Waals surface area contributed by atoms with Crippen LogP contribution in [0.3, 0.4) is 0 Å². The lowest BCUT2D eigenvalue weighted by molar-refractivity contribution is -0.118. The molecule has 3 heteroatoms. The summed E-state index contributed by atoms with van der Waals surface area (Å²) in [5.74, 6) is 1.25. The topological polar surface area (TPSA) is 33.2 Å². The molecule has 2 aromatic rings. The molecule has 0 atom stereocenters. The minimum Gasteiger partial charge on any atom is -0.349 e. The Morgan fingerprint density at radius 3 is 2.94 bits per heavy atom. The van der Waals surface area contributed by atoms with Gasteiger partial charge < -0.3 is 4.90 Å². The van der Waals surface area contributed by atoms with Gasteiger partial charge in [-0.1, -0.05) is 24.3 Å². The zero-order valence-corrected chi connectivity index (χ0v) is 9.60. The van der Waals surface area contributed by atoms with E-state index in [1.54, 1.807) is 0 Å². The molecule has 0 N–H and O–H groups in total. The third-order valence-corrected chi connectivity index (χ3v) is 3.20. The maximum Gasteiger partial charge on any atom is 0.152 e. The van der Waals surface area contributed by atoms with Crippen LogP contribution >= 0.6 is 0 Å². The summed E-state index contributed by atoms with van der Waals surface area (Å²) in [5, 5.41) is 2.31. The molecule has 0 radical (unpaired) electrons. The molecule has 3 rings (SSSR count). The van der Waals surface area contributed by atoms with E-state index in [-0.39, 0.29) is 0 Å². The number of ketones is 1. The summed E-state index contributed by atoms with van der Waals surface area (Å²) in [6.45, 7) is 1.42. The van der Waals surface area contributed by atoms with Crippen LogP contribution in [-0.2, 0) is 4.79 Å². The van der Waals surface area contributed by atoms with Gasteiger partial charge in [0.15, 0.2) is 5.78 Å². The summed E-state index contributed by atoms with van der Waals surface area (Å²) in [6.07, 6.45) is 3.46. The number of rotatable bonds is 1. The van der Waals surface area contributed by atoms with Crippen molar-refractivity contribution in [1.29, 1.82) is 0 Å². The molecule has 1 aromatic heterocycles. The summed E-state index contributed by atoms with van der Waals surface area (Å²) in [6, 6.07) is 10.2. The number of carbonyl (C=O) groups is 1. The van der Waals surface area contributed by atoms with Crippen molar-refractivity contribution in [2.45, 2.75) is 12.8 Å². The predicted octanol–water partition coefficient (Wildman–Crippen LogP) is 2.40. The van der Waals surface area contributed by atoms with Gasteiger partial charge >= 0.3 is 0 Å². The molecular weight excluding hydrogens is 212 g/mol. The molecule has 1 fully saturated rings. The van der Waals surface area contributed by atoms with Crippen molar-refractivity contribution >= 4 is 22.4 Å². The van der Waals surface area contributed by atoms with Gasteiger partial charge in [-0.05, 0) is 17.9 Å². The number of aromatic nitrogens is 1. The van der Waals surface area contributed by atoms with Crippen LogP contribution in [0.4, 0.5) is 5.82 Å². The number of pyridine rings is 1. The minimum atomic E-state index is 0.311. The Hall–Kier alpha value is -1.90. The van der Waals surface area contributed by atoms with E-state index in [0.29, 0.717) is 18.7 Å². The molecule has 17 heavy (non-hydrogen) atoms. The van der Waals surface area contributed by atoms with Crippen molar-refractivity contribution in [3.05, 3.63) is 36.5 Å². The van der Waals surface area contributed by atoms with E-state index in [4.69, 9.17) is 0 Å². The lowest BCUT2D eigenvalue weighted by atomic mass is 10.1. The van der Waals surface area contributed by atoms with Crippen LogP contribution in [0.1, 0.15) is 12.8 Å². The third kappa shape index (κ3) is 1.88. The second kappa shape index (κ2) is 4.17. The number of Topliss-reactive ketones (excluding diaryl/α,β-unsaturated/α-hetero) is 1. The molecule has 0 unspecified atom stereocenters. The van der Waals surface area contributed by atoms with Gasteiger partial charge in [0.05, 0.1) is 6.54 Å². The van der Waals surface area contributed by atoms with Crippen molar-refractivity contribution in [3.8, 4) is 0 Å². The summed E-state index contributed by atoms with van der Waals surface area (Å²) in [5.41, 5.74) is 0. The first kappa shape index (κ1) is 10.3. The Morgan fingerprint density at radius 1 is 1.18 bits per heavy atom. The summed E-state index contributed by atoms with van der Waals surface area (Å²) in [7, 11) is 0. The molecule has 3 nitrogen and oxygen atoms in total. The average molecular weight is 226 g/mol. The van der Waals surface area contributed by atoms with Crippen molar-refractivity contribution in [2.75, 3.05) is 18.0 Å². The molecule has 1 aromatic carbocycles. The number of hydrogen-bond donors (Lipinski definition) is 0. The average Bonchev–Trinajstić information content (AvgIpc) is 2.38. The quantitative estimate of drug-likeness (QED) is 0.748. The third-order valence-electron chi connectivity index (χ3n) is 3.20. The van der Waals surface area contributed by atoms with Gasteiger partial charge in [-0.2, -0.15) is 0 Å². The van der Waals surface area contributed by atoms with E-state index in [0.717, 1.165) is 24.2 Å². The van der Waals surface area contributed by atoms with Crippen LogP contribution in [-0.4, -0.2) is 23.9 Å². The Morgan fingerprint density at radius 2 is 2.06 bits per heavy atom. The summed E-state index contributed by atoms with van der Waals surface area (Å²) >= 11 is 0. The molecule has 1 aliphatic rings. The molecule has 1 saturated heterocycles. The fourth-order valence-corrected chi connectivity index (χ4v) is 2.37. The van der Waals surface area contributed by atoms with Crippen molar-refractivity contribution in [1.82, 2.24) is 4.98 Å². The number of anilines is 1. The van der Waals surface area contributed by atoms with Gasteiger partial charge in [0.25, 0.3) is 0 Å². The predicted molar refractivity (Wildman–Crippen MR) is 68.2 cm³/mol. The SMILES string of the molecule is O=C1CCCN(c2nccc3ccccc23)C1. The van der Waals surface area contributed by atoms with Crippen LogP contribution in [0.2, 0.25) is 0 Å². The molecule has 0 aliphatic carbocycles. The Balaban J connectivity index is 2.07. The van der Waals surface area contributed by atoms with Gasteiger partial charge in [-0.25, -0.2) is 4.98 Å². The number of carbonyl (C=O) groups excluding carboxylic acids is 1. The monoisotopic (exact) mass is 226 g/mol. The highest BCUT2D eigenvalue weighted by atomic mass is 16.1. The largest absolute Gasteiger partial charge is 0.349 e. The highest BCUT2D eigenvalue weighted by Crippen LogP contribution is 2.25. The standard InChI is InChI=1S/C14H14N2O/c17-12-5-3-9-16(10-12)14-13-6-2-1-4-11(13)7-8-15-14/h1-2,4,6-8H,3,5,9-10H2. The zero-order valence-electron chi connectivity index (χ0n) is 9.60. The first-order valence-corrected chi connectivity index (χ1v) is 5.95. The number of benzene rings is 1. The molecule has 0 spiro atoms. The fraction of sp³-hybridized carbons (Fsp3) is 0.286. The Bertz CT molecular complexity index is 560. The lowest BCUT2D eigenvalue weighted by Gasteiger charge is -2.27. The van der Waals surface area contributed by atoms with E-state index in [1.165, 1.54) is 5.39 Å². The Kier molecular flexibility index (Phi) is 2.52. The highest BCUT2D eigenvalue weighted by Gasteiger charge is 2.19. The van der Waals surface area contributed by atoms with Crippen LogP contribution < -0.4 is 4.90 Å². The molecule has 2 heterocycles. The van der Waals surface area contributed by atoms with Crippen LogP contribution in [0, 0.1) is 0 Å². The van der Waals surface area contributed by atoms with Gasteiger partial charge in [0, 0.05) is 24.5 Å². The van der Waals surface area contributed by atoms with Gasteiger partial charge in [-0.3, -0.25) is 4.79 Å². The minimum absolute atomic E-state index is 0.311. The molecule has 1 aliphatic heterocycles. The number of piperidine rings is 1. The zero-order chi connectivity index (χ0) is 11.7. The van der Waals surface area contributed by atoms with E-state index in [1.807, 2.05) is 24.4 Å². The molecular formula is C14H14N2O. The summed E-state index contributed by atoms with van der Waals surface area (Å²) in [4.78, 5) is 18.0. The Labute approximate surface area is 100 Å². The van der Waals surface area contributed by atoms with Crippen LogP contribution in [0.5, 0.6) is 0 Å². The normalized spacial score (nSPS) is 16.5. The van der Waals surface area contributed by atoms with Gasteiger partial charge in [0.2, 0.25) is 0 Å². The smallest absolute Gasteiger partial charge is 0.152 e. The van der Waals surface area contributed by atoms with Crippen molar-refractivity contribution < 1.29 is 4.79 Å². The first-order chi connectivity index (χ1) is 8.34. The van der Waals surface area contributed by atoms with Crippen molar-refractivity contribution in [3.63, 3.8) is 0 Å². The molecule has 0 saturated carbocycles. The highest BCUT2D eigenvalue weighted by molar-refractivity contribution is 5.94. The molecule has 0 bridgehead atoms. The van der Waals surface area contributed by atoms with Gasteiger partial charge in [-0.15, -0.1) is 0 Å². The second-order valence-electron chi connectivity index (χ2n) is 4.42. The lowest BCUT2D eigenvalue weighted by Crippen LogP contribution is -2.36. The number of hydrogen-bond acceptors (Lipinski definition) is 3. The van der Waals surface area contributed by atoms with Crippen molar-refractivity contribution in [2.24, 2.45) is 0 Å². The first-order valence-electron chi connectivity index (χ1n) is 5.95. The number of fused-ring (bicyclic) bond motifs is 1. The van der Waals surface area contributed by atoms with Crippen LogP contribution in [0.15, 0.2) is 36.5 Å². The summed E-state index contributed by atoms with van der Waals surface area (Å²) < 4.78 is 0. The van der Waals surface area contributed by atoms with Crippen LogP contribution in [0.25, 0.3) is 10.8 Å². The second-order valence-corrected chi connectivity index (χ2v) is 4.42. The molecule has 86 valence electrons. The number of nitrogens with zero attached hydrogens (tertiary/aromatic N) is 2. The maximum atomic E-state index is 11.5. The maximum absolute atomic E-state index is 11.5. The van der Waals surface area contributed by atoms with E-state index < -0.39 is 0 Å². The van der Waals surface area contributed by atoms with E-state index >= 15 is 0 Å². The van der Waals surface area contributed by atoms with E-state index in [9.17, 15) is 4.79 Å². The van der Waals surface area contributed by atoms with Gasteiger partial charge in [0.1, 0.15) is 5.82 Å².